The first kappa shape index (κ1) is 12.0. The van der Waals surface area contributed by atoms with E-state index in [0.717, 1.165) is 5.39 Å². The van der Waals surface area contributed by atoms with Crippen LogP contribution in [0.4, 0.5) is 4.39 Å². The zero-order chi connectivity index (χ0) is 14.6. The Morgan fingerprint density at radius 2 is 1.38 bits per heavy atom. The number of rotatable bonds is 0. The van der Waals surface area contributed by atoms with Gasteiger partial charge in [-0.05, 0) is 22.4 Å². The summed E-state index contributed by atoms with van der Waals surface area (Å²) >= 11 is 0. The average molecular weight is 276 g/mol. The molecule has 3 aromatic rings. The summed E-state index contributed by atoms with van der Waals surface area (Å²) in [5.74, 6) is -2.06. The molecule has 1 aliphatic carbocycles. The summed E-state index contributed by atoms with van der Waals surface area (Å²) < 4.78 is 14.3. The molecule has 0 atom stereocenters. The lowest BCUT2D eigenvalue weighted by Gasteiger charge is -2.20. The van der Waals surface area contributed by atoms with E-state index >= 15 is 0 Å². The van der Waals surface area contributed by atoms with Crippen LogP contribution in [0.3, 0.4) is 0 Å². The van der Waals surface area contributed by atoms with Crippen molar-refractivity contribution in [3.05, 3.63) is 71.5 Å². The molecular formula is C18H9FO2. The number of benzene rings is 3. The van der Waals surface area contributed by atoms with Crippen molar-refractivity contribution in [2.24, 2.45) is 0 Å². The largest absolute Gasteiger partial charge is 0.285 e. The van der Waals surface area contributed by atoms with Gasteiger partial charge in [-0.3, -0.25) is 9.59 Å². The van der Waals surface area contributed by atoms with Crippen LogP contribution in [0.25, 0.3) is 21.9 Å². The van der Waals surface area contributed by atoms with Gasteiger partial charge in [0.15, 0.2) is 0 Å². The third-order valence-electron chi connectivity index (χ3n) is 3.88. The Bertz CT molecular complexity index is 941. The molecule has 0 unspecified atom stereocenters. The first-order valence-corrected chi connectivity index (χ1v) is 6.58. The molecule has 1 aliphatic rings. The molecule has 0 radical (unpaired) electrons. The minimum atomic E-state index is -0.771. The molecule has 0 saturated heterocycles. The first-order chi connectivity index (χ1) is 10.2. The quantitative estimate of drug-likeness (QED) is 0.581. The number of hydrogen-bond acceptors (Lipinski definition) is 2. The number of carbonyl (C=O) groups is 2. The van der Waals surface area contributed by atoms with Crippen LogP contribution >= 0.6 is 0 Å². The highest BCUT2D eigenvalue weighted by Crippen LogP contribution is 2.39. The summed E-state index contributed by atoms with van der Waals surface area (Å²) in [4.78, 5) is 24.4. The summed E-state index contributed by atoms with van der Waals surface area (Å²) in [6.45, 7) is 0. The van der Waals surface area contributed by atoms with Gasteiger partial charge in [-0.2, -0.15) is 0 Å². The number of ketones is 2. The molecule has 0 bridgehead atoms. The maximum atomic E-state index is 14.3. The molecule has 2 nitrogen and oxygen atoms in total. The number of halogens is 1. The topological polar surface area (TPSA) is 34.1 Å². The van der Waals surface area contributed by atoms with E-state index in [1.807, 2.05) is 18.2 Å². The Balaban J connectivity index is 2.26. The maximum Gasteiger partial charge on any atom is 0.237 e. The van der Waals surface area contributed by atoms with Crippen LogP contribution in [0.2, 0.25) is 0 Å². The van der Waals surface area contributed by atoms with Crippen molar-refractivity contribution in [2.75, 3.05) is 0 Å². The van der Waals surface area contributed by atoms with E-state index in [4.69, 9.17) is 0 Å². The van der Waals surface area contributed by atoms with Crippen LogP contribution in [0.1, 0.15) is 20.7 Å². The fourth-order valence-electron chi connectivity index (χ4n) is 2.95. The summed E-state index contributed by atoms with van der Waals surface area (Å²) in [7, 11) is 0. The normalized spacial score (nSPS) is 13.2. The fraction of sp³-hybridized carbons (Fsp3) is 0. The zero-order valence-corrected chi connectivity index (χ0v) is 10.9. The van der Waals surface area contributed by atoms with Crippen LogP contribution in [0, 0.1) is 5.82 Å². The van der Waals surface area contributed by atoms with Crippen molar-refractivity contribution < 1.29 is 14.0 Å². The predicted molar refractivity (Wildman–Crippen MR) is 78.0 cm³/mol. The molecule has 3 aromatic carbocycles. The molecule has 0 saturated carbocycles. The van der Waals surface area contributed by atoms with Gasteiger partial charge in [0.05, 0.1) is 5.56 Å². The SMILES string of the molecule is O=C1C(=O)c2c(F)cc3ccccc3c2-c2ccccc21. The van der Waals surface area contributed by atoms with Crippen LogP contribution in [0.5, 0.6) is 0 Å². The highest BCUT2D eigenvalue weighted by atomic mass is 19.1. The molecule has 0 spiro atoms. The van der Waals surface area contributed by atoms with Gasteiger partial charge in [0.1, 0.15) is 5.82 Å². The Morgan fingerprint density at radius 1 is 0.714 bits per heavy atom. The van der Waals surface area contributed by atoms with Crippen LogP contribution in [-0.4, -0.2) is 11.6 Å². The number of hydrogen-bond donors (Lipinski definition) is 0. The van der Waals surface area contributed by atoms with Gasteiger partial charge in [0.2, 0.25) is 11.6 Å². The summed E-state index contributed by atoms with van der Waals surface area (Å²) in [6, 6.07) is 15.5. The summed E-state index contributed by atoms with van der Waals surface area (Å²) in [5.41, 5.74) is 1.36. The molecule has 100 valence electrons. The first-order valence-electron chi connectivity index (χ1n) is 6.58. The highest BCUT2D eigenvalue weighted by Gasteiger charge is 2.33. The molecule has 0 amide bonds. The molecule has 0 heterocycles. The van der Waals surface area contributed by atoms with Gasteiger partial charge in [-0.15, -0.1) is 0 Å². The second-order valence-electron chi connectivity index (χ2n) is 5.03. The Labute approximate surface area is 119 Å². The van der Waals surface area contributed by atoms with Crippen molar-refractivity contribution in [3.63, 3.8) is 0 Å². The second kappa shape index (κ2) is 4.09. The highest BCUT2D eigenvalue weighted by molar-refractivity contribution is 6.53. The Kier molecular flexibility index (Phi) is 2.33. The Morgan fingerprint density at radius 3 is 2.19 bits per heavy atom. The molecule has 0 aromatic heterocycles. The number of fused-ring (bicyclic) bond motifs is 5. The molecular weight excluding hydrogens is 267 g/mol. The van der Waals surface area contributed by atoms with Crippen LogP contribution in [0.15, 0.2) is 54.6 Å². The second-order valence-corrected chi connectivity index (χ2v) is 5.03. The third kappa shape index (κ3) is 1.51. The van der Waals surface area contributed by atoms with E-state index in [0.29, 0.717) is 22.1 Å². The van der Waals surface area contributed by atoms with Gasteiger partial charge in [0, 0.05) is 11.1 Å². The molecule has 3 heteroatoms. The Hall–Kier alpha value is -2.81. The van der Waals surface area contributed by atoms with Crippen LogP contribution < -0.4 is 0 Å². The standard InChI is InChI=1S/C18H9FO2/c19-14-9-10-5-1-2-6-11(10)15-12-7-3-4-8-13(12)17(20)18(21)16(14)15/h1-9H. The lowest BCUT2D eigenvalue weighted by Crippen LogP contribution is -2.22. The lowest BCUT2D eigenvalue weighted by molar-refractivity contribution is 0.0813. The van der Waals surface area contributed by atoms with E-state index in [2.05, 4.69) is 0 Å². The van der Waals surface area contributed by atoms with E-state index < -0.39 is 17.4 Å². The molecule has 0 fully saturated rings. The van der Waals surface area contributed by atoms with Crippen molar-refractivity contribution in [1.82, 2.24) is 0 Å². The van der Waals surface area contributed by atoms with Crippen molar-refractivity contribution in [1.29, 1.82) is 0 Å². The third-order valence-corrected chi connectivity index (χ3v) is 3.88. The monoisotopic (exact) mass is 276 g/mol. The fourth-order valence-corrected chi connectivity index (χ4v) is 2.95. The minimum Gasteiger partial charge on any atom is -0.285 e. The minimum absolute atomic E-state index is 0.114. The van der Waals surface area contributed by atoms with E-state index in [9.17, 15) is 14.0 Å². The lowest BCUT2D eigenvalue weighted by atomic mass is 9.81. The van der Waals surface area contributed by atoms with Gasteiger partial charge >= 0.3 is 0 Å². The van der Waals surface area contributed by atoms with Crippen molar-refractivity contribution >= 4 is 22.3 Å². The predicted octanol–water partition coefficient (Wildman–Crippen LogP) is 4.02. The van der Waals surface area contributed by atoms with Crippen molar-refractivity contribution in [2.45, 2.75) is 0 Å². The van der Waals surface area contributed by atoms with E-state index in [1.54, 1.807) is 30.3 Å². The molecule has 0 N–H and O–H groups in total. The number of Topliss-reactive ketones (excluding diaryl/α,β-unsaturated/α-hetero) is 2. The van der Waals surface area contributed by atoms with Gasteiger partial charge < -0.3 is 0 Å². The smallest absolute Gasteiger partial charge is 0.237 e. The van der Waals surface area contributed by atoms with Gasteiger partial charge in [-0.25, -0.2) is 4.39 Å². The number of carbonyl (C=O) groups excluding carboxylic acids is 2. The average Bonchev–Trinajstić information content (AvgIpc) is 2.51. The van der Waals surface area contributed by atoms with E-state index in [-0.39, 0.29) is 5.56 Å². The van der Waals surface area contributed by atoms with Gasteiger partial charge in [-0.1, -0.05) is 48.5 Å². The van der Waals surface area contributed by atoms with Crippen molar-refractivity contribution in [3.8, 4) is 11.1 Å². The molecule has 4 rings (SSSR count). The zero-order valence-electron chi connectivity index (χ0n) is 10.9. The summed E-state index contributed by atoms with van der Waals surface area (Å²) in [6.07, 6.45) is 0. The maximum absolute atomic E-state index is 14.3. The van der Waals surface area contributed by atoms with E-state index in [1.165, 1.54) is 6.07 Å². The molecule has 0 aliphatic heterocycles. The summed E-state index contributed by atoms with van der Waals surface area (Å²) in [5, 5.41) is 1.49. The van der Waals surface area contributed by atoms with Gasteiger partial charge in [0.25, 0.3) is 0 Å². The molecule has 21 heavy (non-hydrogen) atoms. The van der Waals surface area contributed by atoms with Crippen LogP contribution in [-0.2, 0) is 0 Å².